The Morgan fingerprint density at radius 1 is 1.39 bits per heavy atom. The molecule has 0 atom stereocenters. The van der Waals surface area contributed by atoms with Crippen LogP contribution in [0.4, 0.5) is 8.78 Å². The predicted molar refractivity (Wildman–Crippen MR) is 69.5 cm³/mol. The molecule has 1 fully saturated rings. The molecular weight excluding hydrogens is 232 g/mol. The second kappa shape index (κ2) is 6.10. The van der Waals surface area contributed by atoms with E-state index in [1.807, 2.05) is 6.92 Å². The van der Waals surface area contributed by atoms with Crippen LogP contribution in [0.2, 0.25) is 0 Å². The highest BCUT2D eigenvalue weighted by atomic mass is 19.1. The second-order valence-electron chi connectivity index (χ2n) is 4.98. The van der Waals surface area contributed by atoms with Crippen molar-refractivity contribution in [2.75, 3.05) is 6.54 Å². The smallest absolute Gasteiger partial charge is 0.129 e. The molecule has 1 nitrogen and oxygen atoms in total. The Labute approximate surface area is 107 Å². The van der Waals surface area contributed by atoms with E-state index < -0.39 is 11.6 Å². The molecular formula is C15H19F2N. The molecule has 1 aliphatic carbocycles. The molecule has 1 aromatic carbocycles. The van der Waals surface area contributed by atoms with Crippen LogP contribution in [0.5, 0.6) is 0 Å². The second-order valence-corrected chi connectivity index (χ2v) is 4.98. The molecule has 0 saturated heterocycles. The summed E-state index contributed by atoms with van der Waals surface area (Å²) in [6.45, 7) is 2.97. The van der Waals surface area contributed by atoms with E-state index >= 15 is 0 Å². The summed E-state index contributed by atoms with van der Waals surface area (Å²) in [6.07, 6.45) is 6.23. The monoisotopic (exact) mass is 251 g/mol. The standard InChI is InChI=1S/C15H19F2N/c1-11(3-2-8-18-14-6-7-14)9-12-4-5-13(16)10-15(12)17/h3-5,10,14,18H,2,6-9H2,1H3. The van der Waals surface area contributed by atoms with Gasteiger partial charge >= 0.3 is 0 Å². The quantitative estimate of drug-likeness (QED) is 0.601. The minimum atomic E-state index is -0.522. The summed E-state index contributed by atoms with van der Waals surface area (Å²) in [4.78, 5) is 0. The molecule has 0 radical (unpaired) electrons. The zero-order valence-corrected chi connectivity index (χ0v) is 10.7. The van der Waals surface area contributed by atoms with Crippen molar-refractivity contribution in [1.82, 2.24) is 5.32 Å². The van der Waals surface area contributed by atoms with Gasteiger partial charge in [0.15, 0.2) is 0 Å². The van der Waals surface area contributed by atoms with Crippen LogP contribution in [0.1, 0.15) is 31.7 Å². The van der Waals surface area contributed by atoms with Gasteiger partial charge in [0.05, 0.1) is 0 Å². The number of hydrogen-bond acceptors (Lipinski definition) is 1. The van der Waals surface area contributed by atoms with Crippen LogP contribution in [-0.2, 0) is 6.42 Å². The topological polar surface area (TPSA) is 12.0 Å². The van der Waals surface area contributed by atoms with E-state index in [-0.39, 0.29) is 0 Å². The largest absolute Gasteiger partial charge is 0.314 e. The summed E-state index contributed by atoms with van der Waals surface area (Å²) in [5.74, 6) is -0.981. The van der Waals surface area contributed by atoms with Gasteiger partial charge in [-0.15, -0.1) is 0 Å². The summed E-state index contributed by atoms with van der Waals surface area (Å²) >= 11 is 0. The Kier molecular flexibility index (Phi) is 4.48. The lowest BCUT2D eigenvalue weighted by Gasteiger charge is -2.05. The number of nitrogens with one attached hydrogen (secondary N) is 1. The van der Waals surface area contributed by atoms with Gasteiger partial charge in [-0.3, -0.25) is 0 Å². The predicted octanol–water partition coefficient (Wildman–Crippen LogP) is 3.60. The van der Waals surface area contributed by atoms with Gasteiger partial charge in [-0.05, 0) is 50.8 Å². The third-order valence-electron chi connectivity index (χ3n) is 3.13. The number of halogens is 2. The summed E-state index contributed by atoms with van der Waals surface area (Å²) in [5, 5.41) is 3.43. The van der Waals surface area contributed by atoms with E-state index in [1.54, 1.807) is 0 Å². The Morgan fingerprint density at radius 2 is 2.17 bits per heavy atom. The first-order chi connectivity index (χ1) is 8.65. The molecule has 98 valence electrons. The average Bonchev–Trinajstić information content (AvgIpc) is 3.12. The van der Waals surface area contributed by atoms with Gasteiger partial charge < -0.3 is 5.32 Å². The molecule has 0 unspecified atom stereocenters. The molecule has 3 heteroatoms. The molecule has 18 heavy (non-hydrogen) atoms. The van der Waals surface area contributed by atoms with Crippen LogP contribution in [0.3, 0.4) is 0 Å². The van der Waals surface area contributed by atoms with Gasteiger partial charge in [0.1, 0.15) is 11.6 Å². The van der Waals surface area contributed by atoms with Crippen molar-refractivity contribution in [3.05, 3.63) is 47.0 Å². The molecule has 0 aliphatic heterocycles. The summed E-state index contributed by atoms with van der Waals surface area (Å²) < 4.78 is 26.2. The summed E-state index contributed by atoms with van der Waals surface area (Å²) in [7, 11) is 0. The highest BCUT2D eigenvalue weighted by molar-refractivity contribution is 5.23. The molecule has 2 rings (SSSR count). The van der Waals surface area contributed by atoms with Crippen LogP contribution in [0.15, 0.2) is 29.8 Å². The molecule has 1 aromatic rings. The van der Waals surface area contributed by atoms with Gasteiger partial charge in [0, 0.05) is 12.1 Å². The molecule has 0 spiro atoms. The minimum Gasteiger partial charge on any atom is -0.314 e. The van der Waals surface area contributed by atoms with Crippen molar-refractivity contribution < 1.29 is 8.78 Å². The van der Waals surface area contributed by atoms with Gasteiger partial charge in [0.25, 0.3) is 0 Å². The Balaban J connectivity index is 1.80. The van der Waals surface area contributed by atoms with Crippen molar-refractivity contribution in [3.8, 4) is 0 Å². The lowest BCUT2D eigenvalue weighted by Crippen LogP contribution is -2.16. The fourth-order valence-corrected chi connectivity index (χ4v) is 1.93. The minimum absolute atomic E-state index is 0.459. The zero-order chi connectivity index (χ0) is 13.0. The Hall–Kier alpha value is -1.22. The molecule has 0 heterocycles. The lowest BCUT2D eigenvalue weighted by atomic mass is 10.0. The van der Waals surface area contributed by atoms with Crippen LogP contribution >= 0.6 is 0 Å². The van der Waals surface area contributed by atoms with Crippen LogP contribution in [0.25, 0.3) is 0 Å². The molecule has 0 amide bonds. The van der Waals surface area contributed by atoms with Crippen molar-refractivity contribution in [2.24, 2.45) is 0 Å². The van der Waals surface area contributed by atoms with Crippen LogP contribution in [0, 0.1) is 11.6 Å². The van der Waals surface area contributed by atoms with E-state index in [0.29, 0.717) is 12.0 Å². The van der Waals surface area contributed by atoms with E-state index in [1.165, 1.54) is 25.0 Å². The fraction of sp³-hybridized carbons (Fsp3) is 0.467. The Morgan fingerprint density at radius 3 is 2.83 bits per heavy atom. The van der Waals surface area contributed by atoms with E-state index in [4.69, 9.17) is 0 Å². The fourth-order valence-electron chi connectivity index (χ4n) is 1.93. The lowest BCUT2D eigenvalue weighted by molar-refractivity contribution is 0.574. The molecule has 1 saturated carbocycles. The highest BCUT2D eigenvalue weighted by Gasteiger charge is 2.19. The number of rotatable bonds is 6. The van der Waals surface area contributed by atoms with Gasteiger partial charge in [-0.2, -0.15) is 0 Å². The average molecular weight is 251 g/mol. The van der Waals surface area contributed by atoms with Crippen molar-refractivity contribution in [2.45, 2.75) is 38.6 Å². The molecule has 1 N–H and O–H groups in total. The van der Waals surface area contributed by atoms with E-state index in [0.717, 1.165) is 30.6 Å². The van der Waals surface area contributed by atoms with Gasteiger partial charge in [-0.1, -0.05) is 17.7 Å². The molecule has 0 aromatic heterocycles. The first-order valence-electron chi connectivity index (χ1n) is 6.48. The SMILES string of the molecule is CC(=CCCNC1CC1)Cc1ccc(F)cc1F. The third-order valence-corrected chi connectivity index (χ3v) is 3.13. The normalized spacial score (nSPS) is 16.1. The van der Waals surface area contributed by atoms with Gasteiger partial charge in [-0.25, -0.2) is 8.78 Å². The number of hydrogen-bond donors (Lipinski definition) is 1. The third kappa shape index (κ3) is 4.22. The highest BCUT2D eigenvalue weighted by Crippen LogP contribution is 2.18. The summed E-state index contributed by atoms with van der Waals surface area (Å²) in [6, 6.07) is 4.50. The van der Waals surface area contributed by atoms with Crippen molar-refractivity contribution >= 4 is 0 Å². The van der Waals surface area contributed by atoms with E-state index in [2.05, 4.69) is 11.4 Å². The maximum absolute atomic E-state index is 13.4. The maximum Gasteiger partial charge on any atom is 0.129 e. The number of allylic oxidation sites excluding steroid dienone is 1. The molecule has 0 bridgehead atoms. The van der Waals surface area contributed by atoms with Crippen LogP contribution < -0.4 is 5.32 Å². The maximum atomic E-state index is 13.4. The van der Waals surface area contributed by atoms with Gasteiger partial charge in [0.2, 0.25) is 0 Å². The van der Waals surface area contributed by atoms with Crippen molar-refractivity contribution in [3.63, 3.8) is 0 Å². The summed E-state index contributed by atoms with van der Waals surface area (Å²) in [5.41, 5.74) is 1.68. The molecule has 1 aliphatic rings. The van der Waals surface area contributed by atoms with Crippen molar-refractivity contribution in [1.29, 1.82) is 0 Å². The first-order valence-corrected chi connectivity index (χ1v) is 6.48. The van der Waals surface area contributed by atoms with E-state index in [9.17, 15) is 8.78 Å². The van der Waals surface area contributed by atoms with Crippen LogP contribution in [-0.4, -0.2) is 12.6 Å². The number of benzene rings is 1. The first kappa shape index (κ1) is 13.2. The zero-order valence-electron chi connectivity index (χ0n) is 10.7. The Bertz CT molecular complexity index is 436.